The van der Waals surface area contributed by atoms with Gasteiger partial charge >= 0.3 is 5.97 Å². The molecule has 1 unspecified atom stereocenters. The standard InChI is InChI=1S/C13H19N5O3/c1-3-21-13(19)12(15-7-4-8-17-18-14)10-5-6-11(20-2)16-9-10/h5-6,9,12,15H,3-4,7-8H2,1-2H3. The number of carbonyl (C=O) groups is 1. The number of hydrogen-bond acceptors (Lipinski definition) is 6. The normalized spacial score (nSPS) is 11.3. The number of rotatable bonds is 9. The largest absolute Gasteiger partial charge is 0.481 e. The molecular formula is C13H19N5O3. The first-order valence-electron chi connectivity index (χ1n) is 6.63. The Kier molecular flexibility index (Phi) is 7.63. The van der Waals surface area contributed by atoms with Gasteiger partial charge in [0.2, 0.25) is 5.88 Å². The quantitative estimate of drug-likeness (QED) is 0.246. The van der Waals surface area contributed by atoms with E-state index in [9.17, 15) is 4.79 Å². The van der Waals surface area contributed by atoms with Crippen LogP contribution in [0.5, 0.6) is 5.88 Å². The first kappa shape index (κ1) is 16.7. The number of pyridine rings is 1. The third-order valence-electron chi connectivity index (χ3n) is 2.67. The summed E-state index contributed by atoms with van der Waals surface area (Å²) < 4.78 is 10.0. The van der Waals surface area contributed by atoms with E-state index in [1.807, 2.05) is 0 Å². The Hall–Kier alpha value is -2.31. The molecule has 1 heterocycles. The fourth-order valence-corrected chi connectivity index (χ4v) is 1.69. The number of esters is 1. The Morgan fingerprint density at radius 2 is 2.38 bits per heavy atom. The number of nitrogens with one attached hydrogen (secondary N) is 1. The first-order valence-corrected chi connectivity index (χ1v) is 6.63. The Morgan fingerprint density at radius 1 is 1.57 bits per heavy atom. The lowest BCUT2D eigenvalue weighted by atomic mass is 10.1. The Balaban J connectivity index is 2.70. The summed E-state index contributed by atoms with van der Waals surface area (Å²) in [7, 11) is 1.53. The van der Waals surface area contributed by atoms with Crippen LogP contribution in [0.1, 0.15) is 24.9 Å². The number of hydrogen-bond donors (Lipinski definition) is 1. The minimum Gasteiger partial charge on any atom is -0.481 e. The number of carbonyl (C=O) groups excluding carboxylic acids is 1. The number of nitrogens with zero attached hydrogens (tertiary/aromatic N) is 4. The zero-order valence-electron chi connectivity index (χ0n) is 12.2. The number of methoxy groups -OCH3 is 1. The van der Waals surface area contributed by atoms with Gasteiger partial charge in [0.1, 0.15) is 6.04 Å². The monoisotopic (exact) mass is 293 g/mol. The molecule has 1 aromatic heterocycles. The van der Waals surface area contributed by atoms with Crippen LogP contribution in [0.25, 0.3) is 10.4 Å². The Bertz CT molecular complexity index is 485. The van der Waals surface area contributed by atoms with E-state index >= 15 is 0 Å². The van der Waals surface area contributed by atoms with Crippen molar-refractivity contribution >= 4 is 5.97 Å². The van der Waals surface area contributed by atoms with Crippen molar-refractivity contribution in [2.45, 2.75) is 19.4 Å². The van der Waals surface area contributed by atoms with Crippen molar-refractivity contribution in [3.05, 3.63) is 34.3 Å². The molecule has 114 valence electrons. The summed E-state index contributed by atoms with van der Waals surface area (Å²) in [6.07, 6.45) is 2.20. The Morgan fingerprint density at radius 3 is 2.95 bits per heavy atom. The van der Waals surface area contributed by atoms with Crippen LogP contribution in [-0.2, 0) is 9.53 Å². The number of aromatic nitrogens is 1. The summed E-state index contributed by atoms with van der Waals surface area (Å²) in [5.74, 6) is 0.109. The molecule has 1 rings (SSSR count). The van der Waals surface area contributed by atoms with Gasteiger partial charge in [0.25, 0.3) is 0 Å². The molecule has 0 saturated heterocycles. The molecule has 0 aliphatic rings. The van der Waals surface area contributed by atoms with E-state index in [1.54, 1.807) is 25.3 Å². The van der Waals surface area contributed by atoms with Gasteiger partial charge in [-0.15, -0.1) is 0 Å². The van der Waals surface area contributed by atoms with Gasteiger partial charge in [-0.3, -0.25) is 0 Å². The SMILES string of the molecule is CCOC(=O)C(NCCCN=[N+]=[N-])c1ccc(OC)nc1. The van der Waals surface area contributed by atoms with E-state index in [0.29, 0.717) is 37.6 Å². The van der Waals surface area contributed by atoms with Gasteiger partial charge in [-0.1, -0.05) is 5.11 Å². The van der Waals surface area contributed by atoms with Gasteiger partial charge in [-0.25, -0.2) is 9.78 Å². The van der Waals surface area contributed by atoms with Crippen molar-refractivity contribution in [1.82, 2.24) is 10.3 Å². The second-order valence-corrected chi connectivity index (χ2v) is 4.08. The molecule has 0 amide bonds. The maximum absolute atomic E-state index is 12.0. The highest BCUT2D eigenvalue weighted by atomic mass is 16.5. The molecule has 0 aliphatic heterocycles. The Labute approximate surface area is 123 Å². The molecule has 1 aromatic rings. The van der Waals surface area contributed by atoms with Crippen molar-refractivity contribution in [3.63, 3.8) is 0 Å². The van der Waals surface area contributed by atoms with Gasteiger partial charge in [-0.05, 0) is 37.1 Å². The van der Waals surface area contributed by atoms with E-state index in [1.165, 1.54) is 7.11 Å². The van der Waals surface area contributed by atoms with Gasteiger partial charge in [-0.2, -0.15) is 0 Å². The fourth-order valence-electron chi connectivity index (χ4n) is 1.69. The molecule has 0 aliphatic carbocycles. The summed E-state index contributed by atoms with van der Waals surface area (Å²) in [5, 5.41) is 6.52. The topological polar surface area (TPSA) is 109 Å². The predicted molar refractivity (Wildman–Crippen MR) is 76.8 cm³/mol. The third-order valence-corrected chi connectivity index (χ3v) is 2.67. The molecule has 0 bridgehead atoms. The summed E-state index contributed by atoms with van der Waals surface area (Å²) in [6, 6.07) is 2.84. The molecule has 0 saturated carbocycles. The van der Waals surface area contributed by atoms with Crippen LogP contribution >= 0.6 is 0 Å². The first-order chi connectivity index (χ1) is 10.2. The number of azide groups is 1. The lowest BCUT2D eigenvalue weighted by Crippen LogP contribution is -2.31. The van der Waals surface area contributed by atoms with Crippen LogP contribution in [0.15, 0.2) is 23.4 Å². The minimum absolute atomic E-state index is 0.305. The fraction of sp³-hybridized carbons (Fsp3) is 0.538. The van der Waals surface area contributed by atoms with E-state index < -0.39 is 6.04 Å². The minimum atomic E-state index is -0.602. The van der Waals surface area contributed by atoms with Crippen LogP contribution < -0.4 is 10.1 Å². The van der Waals surface area contributed by atoms with Crippen molar-refractivity contribution in [3.8, 4) is 5.88 Å². The summed E-state index contributed by atoms with van der Waals surface area (Å²) >= 11 is 0. The number of ether oxygens (including phenoxy) is 2. The predicted octanol–water partition coefficient (Wildman–Crippen LogP) is 1.98. The smallest absolute Gasteiger partial charge is 0.327 e. The zero-order chi connectivity index (χ0) is 15.5. The molecule has 0 radical (unpaired) electrons. The molecule has 1 atom stereocenters. The highest BCUT2D eigenvalue weighted by Gasteiger charge is 2.21. The molecule has 8 nitrogen and oxygen atoms in total. The lowest BCUT2D eigenvalue weighted by molar-refractivity contribution is -0.145. The van der Waals surface area contributed by atoms with Crippen LogP contribution in [0, 0.1) is 0 Å². The second-order valence-electron chi connectivity index (χ2n) is 4.08. The molecule has 21 heavy (non-hydrogen) atoms. The lowest BCUT2D eigenvalue weighted by Gasteiger charge is -2.17. The molecule has 0 aromatic carbocycles. The van der Waals surface area contributed by atoms with E-state index in [0.717, 1.165) is 0 Å². The maximum Gasteiger partial charge on any atom is 0.327 e. The average molecular weight is 293 g/mol. The van der Waals surface area contributed by atoms with Crippen molar-refractivity contribution < 1.29 is 14.3 Å². The molecule has 0 spiro atoms. The maximum atomic E-state index is 12.0. The molecule has 1 N–H and O–H groups in total. The van der Waals surface area contributed by atoms with E-state index in [4.69, 9.17) is 15.0 Å². The van der Waals surface area contributed by atoms with E-state index in [2.05, 4.69) is 20.3 Å². The van der Waals surface area contributed by atoms with Crippen molar-refractivity contribution in [2.75, 3.05) is 26.8 Å². The second kappa shape index (κ2) is 9.57. The molecular weight excluding hydrogens is 274 g/mol. The van der Waals surface area contributed by atoms with Crippen LogP contribution in [-0.4, -0.2) is 37.8 Å². The highest BCUT2D eigenvalue weighted by molar-refractivity contribution is 5.77. The van der Waals surface area contributed by atoms with Crippen molar-refractivity contribution in [1.29, 1.82) is 0 Å². The van der Waals surface area contributed by atoms with Gasteiger partial charge in [0.05, 0.1) is 13.7 Å². The van der Waals surface area contributed by atoms with Crippen LogP contribution in [0.4, 0.5) is 0 Å². The van der Waals surface area contributed by atoms with Gasteiger partial charge in [0, 0.05) is 23.7 Å². The molecule has 0 fully saturated rings. The van der Waals surface area contributed by atoms with Crippen molar-refractivity contribution in [2.24, 2.45) is 5.11 Å². The zero-order valence-corrected chi connectivity index (χ0v) is 12.2. The van der Waals surface area contributed by atoms with Gasteiger partial charge in [0.15, 0.2) is 0 Å². The molecule has 8 heteroatoms. The average Bonchev–Trinajstić information content (AvgIpc) is 2.51. The summed E-state index contributed by atoms with van der Waals surface area (Å²) in [6.45, 7) is 2.95. The summed E-state index contributed by atoms with van der Waals surface area (Å²) in [5.41, 5.74) is 8.90. The summed E-state index contributed by atoms with van der Waals surface area (Å²) in [4.78, 5) is 18.7. The third kappa shape index (κ3) is 5.68. The van der Waals surface area contributed by atoms with Crippen LogP contribution in [0.3, 0.4) is 0 Å². The van der Waals surface area contributed by atoms with Gasteiger partial charge < -0.3 is 14.8 Å². The highest BCUT2D eigenvalue weighted by Crippen LogP contribution is 2.16. The van der Waals surface area contributed by atoms with E-state index in [-0.39, 0.29) is 5.97 Å². The van der Waals surface area contributed by atoms with Crippen LogP contribution in [0.2, 0.25) is 0 Å².